The number of benzene rings is 1. The number of carbonyl (C=O) groups excluding carboxylic acids is 1. The van der Waals surface area contributed by atoms with Crippen LogP contribution in [0.15, 0.2) is 42.6 Å². The molecule has 20 heavy (non-hydrogen) atoms. The molecule has 2 rings (SSSR count). The first kappa shape index (κ1) is 14.5. The molecule has 106 valence electrons. The van der Waals surface area contributed by atoms with Crippen LogP contribution in [0, 0.1) is 0 Å². The maximum atomic E-state index is 12.3. The van der Waals surface area contributed by atoms with E-state index in [1.54, 1.807) is 7.11 Å². The second-order valence-corrected chi connectivity index (χ2v) is 5.05. The molecule has 0 saturated heterocycles. The van der Waals surface area contributed by atoms with Crippen molar-refractivity contribution >= 4 is 5.78 Å². The summed E-state index contributed by atoms with van der Waals surface area (Å²) < 4.78 is 7.19. The van der Waals surface area contributed by atoms with Gasteiger partial charge in [-0.15, -0.1) is 0 Å². The molecule has 0 spiro atoms. The maximum absolute atomic E-state index is 12.3. The normalized spacial score (nSPS) is 12.6. The SMILES string of the molecule is COC(C(=O)Cc1ccn(C(C)C)n1)c1ccccc1. The van der Waals surface area contributed by atoms with Crippen LogP contribution in [0.4, 0.5) is 0 Å². The van der Waals surface area contributed by atoms with E-state index >= 15 is 0 Å². The lowest BCUT2D eigenvalue weighted by molar-refractivity contribution is -0.128. The first-order chi connectivity index (χ1) is 9.61. The lowest BCUT2D eigenvalue weighted by Gasteiger charge is -2.13. The van der Waals surface area contributed by atoms with Crippen LogP contribution in [0.2, 0.25) is 0 Å². The fourth-order valence-electron chi connectivity index (χ4n) is 2.11. The lowest BCUT2D eigenvalue weighted by atomic mass is 10.0. The van der Waals surface area contributed by atoms with Gasteiger partial charge in [0.25, 0.3) is 0 Å². The highest BCUT2D eigenvalue weighted by molar-refractivity contribution is 5.86. The molecule has 0 bridgehead atoms. The molecule has 4 nitrogen and oxygen atoms in total. The van der Waals surface area contributed by atoms with Crippen molar-refractivity contribution in [3.05, 3.63) is 53.9 Å². The molecule has 0 fully saturated rings. The summed E-state index contributed by atoms with van der Waals surface area (Å²) in [7, 11) is 1.56. The predicted octanol–water partition coefficient (Wildman–Crippen LogP) is 2.96. The maximum Gasteiger partial charge on any atom is 0.172 e. The van der Waals surface area contributed by atoms with Crippen molar-refractivity contribution in [3.63, 3.8) is 0 Å². The second-order valence-electron chi connectivity index (χ2n) is 5.05. The smallest absolute Gasteiger partial charge is 0.172 e. The molecule has 0 amide bonds. The number of hydrogen-bond donors (Lipinski definition) is 0. The van der Waals surface area contributed by atoms with Gasteiger partial charge in [-0.25, -0.2) is 0 Å². The van der Waals surface area contributed by atoms with Crippen LogP contribution in [0.1, 0.15) is 37.3 Å². The van der Waals surface area contributed by atoms with Crippen molar-refractivity contribution < 1.29 is 9.53 Å². The Morgan fingerprint density at radius 2 is 1.95 bits per heavy atom. The van der Waals surface area contributed by atoms with E-state index in [0.717, 1.165) is 11.3 Å². The average molecular weight is 272 g/mol. The monoisotopic (exact) mass is 272 g/mol. The minimum absolute atomic E-state index is 0.0210. The molecule has 0 radical (unpaired) electrons. The average Bonchev–Trinajstić information content (AvgIpc) is 2.89. The largest absolute Gasteiger partial charge is 0.369 e. The van der Waals surface area contributed by atoms with Gasteiger partial charge in [0.2, 0.25) is 0 Å². The Morgan fingerprint density at radius 3 is 2.50 bits per heavy atom. The molecule has 4 heteroatoms. The molecule has 0 N–H and O–H groups in total. The van der Waals surface area contributed by atoms with E-state index in [0.29, 0.717) is 6.04 Å². The molecule has 1 aromatic heterocycles. The van der Waals surface area contributed by atoms with Crippen molar-refractivity contribution in [1.29, 1.82) is 0 Å². The fourth-order valence-corrected chi connectivity index (χ4v) is 2.11. The Kier molecular flexibility index (Phi) is 4.69. The number of Topliss-reactive ketones (excluding diaryl/α,β-unsaturated/α-hetero) is 1. The molecule has 2 aromatic rings. The molecule has 0 saturated carbocycles. The lowest BCUT2D eigenvalue weighted by Crippen LogP contribution is -2.17. The van der Waals surface area contributed by atoms with E-state index in [1.807, 2.05) is 47.3 Å². The fraction of sp³-hybridized carbons (Fsp3) is 0.375. The summed E-state index contributed by atoms with van der Waals surface area (Å²) >= 11 is 0. The van der Waals surface area contributed by atoms with Gasteiger partial charge in [-0.1, -0.05) is 30.3 Å². The van der Waals surface area contributed by atoms with Gasteiger partial charge in [0.15, 0.2) is 5.78 Å². The molecule has 0 aliphatic carbocycles. The molecular weight excluding hydrogens is 252 g/mol. The summed E-state index contributed by atoms with van der Waals surface area (Å²) in [5.74, 6) is 0.0210. The standard InChI is InChI=1S/C16H20N2O2/c1-12(2)18-10-9-14(17-18)11-15(19)16(20-3)13-7-5-4-6-8-13/h4-10,12,16H,11H2,1-3H3. The van der Waals surface area contributed by atoms with Crippen LogP contribution >= 0.6 is 0 Å². The minimum Gasteiger partial charge on any atom is -0.369 e. The van der Waals surface area contributed by atoms with Gasteiger partial charge in [-0.2, -0.15) is 5.10 Å². The zero-order valence-electron chi connectivity index (χ0n) is 12.1. The van der Waals surface area contributed by atoms with E-state index in [2.05, 4.69) is 18.9 Å². The summed E-state index contributed by atoms with van der Waals surface area (Å²) in [4.78, 5) is 12.3. The number of nitrogens with zero attached hydrogens (tertiary/aromatic N) is 2. The number of methoxy groups -OCH3 is 1. The van der Waals surface area contributed by atoms with Gasteiger partial charge in [0.1, 0.15) is 6.10 Å². The summed E-state index contributed by atoms with van der Waals surface area (Å²) in [6, 6.07) is 11.7. The molecule has 1 heterocycles. The van der Waals surface area contributed by atoms with Crippen LogP contribution in [-0.2, 0) is 16.0 Å². The molecule has 0 aliphatic rings. The zero-order valence-corrected chi connectivity index (χ0v) is 12.1. The summed E-state index contributed by atoms with van der Waals surface area (Å²) in [5, 5.41) is 4.40. The van der Waals surface area contributed by atoms with E-state index < -0.39 is 6.10 Å². The Hall–Kier alpha value is -1.94. The first-order valence-electron chi connectivity index (χ1n) is 6.76. The summed E-state index contributed by atoms with van der Waals surface area (Å²) in [5.41, 5.74) is 1.66. The van der Waals surface area contributed by atoms with Gasteiger partial charge >= 0.3 is 0 Å². The summed E-state index contributed by atoms with van der Waals surface area (Å²) in [6.45, 7) is 4.11. The number of aromatic nitrogens is 2. The third-order valence-corrected chi connectivity index (χ3v) is 3.18. The predicted molar refractivity (Wildman–Crippen MR) is 77.5 cm³/mol. The summed E-state index contributed by atoms with van der Waals surface area (Å²) in [6.07, 6.45) is 1.66. The van der Waals surface area contributed by atoms with Crippen molar-refractivity contribution in [2.45, 2.75) is 32.4 Å². The highest BCUT2D eigenvalue weighted by Crippen LogP contribution is 2.19. The molecular formula is C16H20N2O2. The van der Waals surface area contributed by atoms with Gasteiger partial charge in [-0.3, -0.25) is 9.48 Å². The highest BCUT2D eigenvalue weighted by Gasteiger charge is 2.20. The van der Waals surface area contributed by atoms with Crippen LogP contribution < -0.4 is 0 Å². The third-order valence-electron chi connectivity index (χ3n) is 3.18. The van der Waals surface area contributed by atoms with Crippen molar-refractivity contribution in [3.8, 4) is 0 Å². The van der Waals surface area contributed by atoms with Crippen molar-refractivity contribution in [1.82, 2.24) is 9.78 Å². The number of hydrogen-bond acceptors (Lipinski definition) is 3. The number of ketones is 1. The molecule has 1 unspecified atom stereocenters. The Morgan fingerprint density at radius 1 is 1.25 bits per heavy atom. The van der Waals surface area contributed by atoms with Gasteiger partial charge < -0.3 is 4.74 Å². The van der Waals surface area contributed by atoms with Gasteiger partial charge in [0, 0.05) is 19.3 Å². The van der Waals surface area contributed by atoms with Gasteiger partial charge in [-0.05, 0) is 25.5 Å². The topological polar surface area (TPSA) is 44.1 Å². The van der Waals surface area contributed by atoms with E-state index in [-0.39, 0.29) is 12.2 Å². The number of rotatable bonds is 6. The highest BCUT2D eigenvalue weighted by atomic mass is 16.5. The van der Waals surface area contributed by atoms with Crippen LogP contribution in [-0.4, -0.2) is 22.7 Å². The van der Waals surface area contributed by atoms with Crippen molar-refractivity contribution in [2.75, 3.05) is 7.11 Å². The second kappa shape index (κ2) is 6.48. The van der Waals surface area contributed by atoms with Crippen LogP contribution in [0.5, 0.6) is 0 Å². The Labute approximate surface area is 119 Å². The zero-order chi connectivity index (χ0) is 14.5. The van der Waals surface area contributed by atoms with E-state index in [4.69, 9.17) is 4.74 Å². The Balaban J connectivity index is 2.09. The number of ether oxygens (including phenoxy) is 1. The minimum atomic E-state index is -0.527. The molecule has 0 aliphatic heterocycles. The first-order valence-corrected chi connectivity index (χ1v) is 6.76. The molecule has 1 aromatic carbocycles. The Bertz CT molecular complexity index is 561. The van der Waals surface area contributed by atoms with E-state index in [9.17, 15) is 4.79 Å². The van der Waals surface area contributed by atoms with Gasteiger partial charge in [0.05, 0.1) is 12.1 Å². The van der Waals surface area contributed by atoms with E-state index in [1.165, 1.54) is 0 Å². The number of carbonyl (C=O) groups is 1. The van der Waals surface area contributed by atoms with Crippen LogP contribution in [0.25, 0.3) is 0 Å². The quantitative estimate of drug-likeness (QED) is 0.812. The third kappa shape index (κ3) is 3.33. The van der Waals surface area contributed by atoms with Crippen LogP contribution in [0.3, 0.4) is 0 Å². The van der Waals surface area contributed by atoms with Crippen molar-refractivity contribution in [2.24, 2.45) is 0 Å². The molecule has 1 atom stereocenters.